The molecule has 0 aliphatic carbocycles. The van der Waals surface area contributed by atoms with Crippen LogP contribution in [0.1, 0.15) is 23.7 Å². The van der Waals surface area contributed by atoms with Gasteiger partial charge in [0, 0.05) is 36.4 Å². The van der Waals surface area contributed by atoms with E-state index in [4.69, 9.17) is 0 Å². The van der Waals surface area contributed by atoms with Crippen LogP contribution in [-0.4, -0.2) is 44.8 Å². The van der Waals surface area contributed by atoms with Crippen LogP contribution in [0.4, 0.5) is 5.69 Å². The van der Waals surface area contributed by atoms with Crippen LogP contribution < -0.4 is 0 Å². The molecule has 7 heteroatoms. The van der Waals surface area contributed by atoms with Crippen LogP contribution in [0.25, 0.3) is 10.9 Å². The van der Waals surface area contributed by atoms with Crippen molar-refractivity contribution in [2.45, 2.75) is 18.6 Å². The number of aromatic nitrogens is 1. The summed E-state index contributed by atoms with van der Waals surface area (Å²) in [6, 6.07) is 6.21. The number of pyridine rings is 1. The Kier molecular flexibility index (Phi) is 4.47. The van der Waals surface area contributed by atoms with Gasteiger partial charge in [-0.05, 0) is 24.6 Å². The van der Waals surface area contributed by atoms with Crippen molar-refractivity contribution >= 4 is 34.3 Å². The average Bonchev–Trinajstić information content (AvgIpc) is 2.60. The van der Waals surface area contributed by atoms with E-state index in [1.165, 1.54) is 12.1 Å². The summed E-state index contributed by atoms with van der Waals surface area (Å²) >= 11 is 1.89. The summed E-state index contributed by atoms with van der Waals surface area (Å²) in [5.41, 5.74) is 0.816. The molecule has 1 fully saturated rings. The van der Waals surface area contributed by atoms with Crippen molar-refractivity contribution in [3.8, 4) is 0 Å². The molecular formula is C16H17N3O3S. The number of non-ortho nitro benzene ring substituents is 1. The lowest BCUT2D eigenvalue weighted by Gasteiger charge is -2.32. The molecule has 1 amide bonds. The van der Waals surface area contributed by atoms with Gasteiger partial charge in [0.1, 0.15) is 0 Å². The van der Waals surface area contributed by atoms with Gasteiger partial charge in [-0.25, -0.2) is 0 Å². The summed E-state index contributed by atoms with van der Waals surface area (Å²) in [5.74, 6) is 0.824. The molecule has 2 heterocycles. The van der Waals surface area contributed by atoms with Gasteiger partial charge in [-0.1, -0.05) is 6.92 Å². The minimum absolute atomic E-state index is 0.0229. The largest absolute Gasteiger partial charge is 0.337 e. The number of benzene rings is 1. The van der Waals surface area contributed by atoms with E-state index in [1.54, 1.807) is 18.3 Å². The van der Waals surface area contributed by atoms with Crippen molar-refractivity contribution in [3.63, 3.8) is 0 Å². The number of rotatable bonds is 3. The Hall–Kier alpha value is -2.15. The Bertz CT molecular complexity index is 765. The second kappa shape index (κ2) is 6.54. The molecule has 1 aliphatic rings. The monoisotopic (exact) mass is 331 g/mol. The number of hydrogen-bond donors (Lipinski definition) is 0. The van der Waals surface area contributed by atoms with Gasteiger partial charge < -0.3 is 4.90 Å². The maximum Gasteiger partial charge on any atom is 0.278 e. The van der Waals surface area contributed by atoms with E-state index >= 15 is 0 Å². The first-order chi connectivity index (χ1) is 11.1. The fourth-order valence-electron chi connectivity index (χ4n) is 2.81. The Morgan fingerprint density at radius 1 is 1.48 bits per heavy atom. The zero-order valence-electron chi connectivity index (χ0n) is 12.8. The molecule has 0 spiro atoms. The summed E-state index contributed by atoms with van der Waals surface area (Å²) in [6.07, 6.45) is 2.58. The smallest absolute Gasteiger partial charge is 0.278 e. The number of carbonyl (C=O) groups excluding carboxylic acids is 1. The molecule has 23 heavy (non-hydrogen) atoms. The summed E-state index contributed by atoms with van der Waals surface area (Å²) < 4.78 is 0. The molecule has 6 nitrogen and oxygen atoms in total. The van der Waals surface area contributed by atoms with E-state index in [2.05, 4.69) is 11.9 Å². The van der Waals surface area contributed by atoms with Gasteiger partial charge in [-0.15, -0.1) is 0 Å². The lowest BCUT2D eigenvalue weighted by atomic mass is 10.1. The maximum absolute atomic E-state index is 12.9. The van der Waals surface area contributed by atoms with Gasteiger partial charge in [0.05, 0.1) is 21.4 Å². The minimum atomic E-state index is -0.442. The highest BCUT2D eigenvalue weighted by atomic mass is 32.2. The number of nitrogens with zero attached hydrogens (tertiary/aromatic N) is 3. The lowest BCUT2D eigenvalue weighted by molar-refractivity contribution is -0.383. The van der Waals surface area contributed by atoms with Crippen LogP contribution in [0.15, 0.2) is 30.5 Å². The van der Waals surface area contributed by atoms with Crippen LogP contribution in [0, 0.1) is 10.1 Å². The molecule has 3 rings (SSSR count). The molecule has 1 aromatic heterocycles. The number of amides is 1. The second-order valence-corrected chi connectivity index (χ2v) is 6.85. The zero-order valence-corrected chi connectivity index (χ0v) is 13.6. The SMILES string of the molecule is CC[C@H]1CN(C(=O)c2ccc([N+](=O)[O-])c3cccnc23)CCS1. The molecule has 0 saturated carbocycles. The Balaban J connectivity index is 2.01. The standard InChI is InChI=1S/C16H17N3O3S/c1-2-11-10-18(8-9-23-11)16(20)13-5-6-14(19(21)22)12-4-3-7-17-15(12)13/h3-7,11H,2,8-10H2,1H3/t11-/m0/s1. The summed E-state index contributed by atoms with van der Waals surface area (Å²) in [4.78, 5) is 29.6. The molecule has 1 aliphatic heterocycles. The van der Waals surface area contributed by atoms with Gasteiger partial charge in [0.25, 0.3) is 11.6 Å². The van der Waals surface area contributed by atoms with E-state index in [9.17, 15) is 14.9 Å². The Labute approximate surface area is 138 Å². The number of fused-ring (bicyclic) bond motifs is 1. The van der Waals surface area contributed by atoms with Crippen LogP contribution >= 0.6 is 11.8 Å². The van der Waals surface area contributed by atoms with Crippen molar-refractivity contribution in [3.05, 3.63) is 46.1 Å². The van der Waals surface area contributed by atoms with E-state index in [-0.39, 0.29) is 11.6 Å². The number of nitro benzene ring substituents is 1. The van der Waals surface area contributed by atoms with Crippen LogP contribution in [0.2, 0.25) is 0 Å². The average molecular weight is 331 g/mol. The molecule has 1 saturated heterocycles. The van der Waals surface area contributed by atoms with Crippen molar-refractivity contribution in [2.75, 3.05) is 18.8 Å². The highest BCUT2D eigenvalue weighted by molar-refractivity contribution is 8.00. The third-order valence-corrected chi connectivity index (χ3v) is 5.43. The summed E-state index contributed by atoms with van der Waals surface area (Å²) in [6.45, 7) is 3.53. The predicted molar refractivity (Wildman–Crippen MR) is 90.8 cm³/mol. The minimum Gasteiger partial charge on any atom is -0.337 e. The third-order valence-electron chi connectivity index (χ3n) is 4.06. The highest BCUT2D eigenvalue weighted by Crippen LogP contribution is 2.29. The van der Waals surface area contributed by atoms with Gasteiger partial charge in [-0.2, -0.15) is 11.8 Å². The second-order valence-electron chi connectivity index (χ2n) is 5.44. The normalized spacial score (nSPS) is 18.1. The van der Waals surface area contributed by atoms with Crippen molar-refractivity contribution in [1.29, 1.82) is 0 Å². The van der Waals surface area contributed by atoms with Gasteiger partial charge in [-0.3, -0.25) is 19.9 Å². The topological polar surface area (TPSA) is 76.3 Å². The van der Waals surface area contributed by atoms with Gasteiger partial charge in [0.2, 0.25) is 0 Å². The molecule has 0 N–H and O–H groups in total. The van der Waals surface area contributed by atoms with E-state index < -0.39 is 4.92 Å². The first-order valence-corrected chi connectivity index (χ1v) is 8.59. The molecule has 2 aromatic rings. The zero-order chi connectivity index (χ0) is 16.4. The number of thioether (sulfide) groups is 1. The fraction of sp³-hybridized carbons (Fsp3) is 0.375. The molecular weight excluding hydrogens is 314 g/mol. The number of carbonyl (C=O) groups is 1. The Morgan fingerprint density at radius 3 is 3.04 bits per heavy atom. The first-order valence-electron chi connectivity index (χ1n) is 7.54. The molecule has 1 aromatic carbocycles. The third kappa shape index (κ3) is 3.01. The summed E-state index contributed by atoms with van der Waals surface area (Å²) in [7, 11) is 0. The predicted octanol–water partition coefficient (Wildman–Crippen LogP) is 3.11. The lowest BCUT2D eigenvalue weighted by Crippen LogP contribution is -2.41. The van der Waals surface area contributed by atoms with Crippen molar-refractivity contribution < 1.29 is 9.72 Å². The maximum atomic E-state index is 12.9. The molecule has 0 unspecified atom stereocenters. The number of hydrogen-bond acceptors (Lipinski definition) is 5. The molecule has 120 valence electrons. The quantitative estimate of drug-likeness (QED) is 0.638. The van der Waals surface area contributed by atoms with Gasteiger partial charge in [0.15, 0.2) is 0 Å². The summed E-state index contributed by atoms with van der Waals surface area (Å²) in [5, 5.41) is 12.0. The molecule has 1 atom stereocenters. The first kappa shape index (κ1) is 15.7. The highest BCUT2D eigenvalue weighted by Gasteiger charge is 2.26. The van der Waals surface area contributed by atoms with Crippen LogP contribution in [0.5, 0.6) is 0 Å². The van der Waals surface area contributed by atoms with Crippen molar-refractivity contribution in [2.24, 2.45) is 0 Å². The fourth-order valence-corrected chi connectivity index (χ4v) is 3.99. The van der Waals surface area contributed by atoms with Gasteiger partial charge >= 0.3 is 0 Å². The van der Waals surface area contributed by atoms with E-state index in [0.717, 1.165) is 12.2 Å². The molecule has 0 radical (unpaired) electrons. The van der Waals surface area contributed by atoms with E-state index in [0.29, 0.717) is 34.8 Å². The number of nitro groups is 1. The molecule has 0 bridgehead atoms. The van der Waals surface area contributed by atoms with Crippen molar-refractivity contribution in [1.82, 2.24) is 9.88 Å². The van der Waals surface area contributed by atoms with Crippen LogP contribution in [0.3, 0.4) is 0 Å². The van der Waals surface area contributed by atoms with Crippen LogP contribution in [-0.2, 0) is 0 Å². The van der Waals surface area contributed by atoms with E-state index in [1.807, 2.05) is 16.7 Å². The Morgan fingerprint density at radius 2 is 2.30 bits per heavy atom.